The van der Waals surface area contributed by atoms with Gasteiger partial charge in [-0.25, -0.2) is 44.9 Å². The second-order valence-electron chi connectivity index (χ2n) is 54.4. The molecule has 0 amide bonds. The van der Waals surface area contributed by atoms with Crippen LogP contribution in [0, 0.1) is 107 Å². The van der Waals surface area contributed by atoms with E-state index in [0.717, 1.165) is 175 Å². The van der Waals surface area contributed by atoms with Gasteiger partial charge >= 0.3 is 0 Å². The topological polar surface area (TPSA) is 127 Å². The Hall–Kier alpha value is -12.2. The van der Waals surface area contributed by atoms with Crippen LogP contribution < -0.4 is 9.80 Å². The van der Waals surface area contributed by atoms with Crippen molar-refractivity contribution in [3.05, 3.63) is 335 Å². The van der Waals surface area contributed by atoms with E-state index in [9.17, 15) is 0 Å². The molecule has 4 aromatic heterocycles. The lowest BCUT2D eigenvalue weighted by Crippen LogP contribution is -2.51. The van der Waals surface area contributed by atoms with E-state index < -0.39 is 5.41 Å². The zero-order chi connectivity index (χ0) is 96.9. The van der Waals surface area contributed by atoms with Crippen LogP contribution in [-0.4, -0.2) is 49.4 Å². The fourth-order valence-corrected chi connectivity index (χ4v) is 42.2. The van der Waals surface area contributed by atoms with Gasteiger partial charge in [0.05, 0.1) is 39.2 Å². The normalized spacial score (nSPS) is 35.2. The summed E-state index contributed by atoms with van der Waals surface area (Å²) in [6.07, 6.45) is 48.5. The van der Waals surface area contributed by atoms with Crippen LogP contribution in [0.4, 0.5) is 34.1 Å². The van der Waals surface area contributed by atoms with Gasteiger partial charge in [-0.1, -0.05) is 164 Å². The van der Waals surface area contributed by atoms with Gasteiger partial charge in [0.25, 0.3) is 0 Å². The summed E-state index contributed by atoms with van der Waals surface area (Å²) in [4.78, 5) is 56.6. The van der Waals surface area contributed by atoms with Gasteiger partial charge in [0.2, 0.25) is 0 Å². The summed E-state index contributed by atoms with van der Waals surface area (Å²) in [7, 11) is 0. The maximum absolute atomic E-state index is 5.80. The largest absolute Gasteiger partial charge is 0.310 e. The van der Waals surface area contributed by atoms with E-state index in [1.807, 2.05) is 0 Å². The van der Waals surface area contributed by atoms with Crippen LogP contribution in [0.3, 0.4) is 0 Å². The number of anilines is 6. The number of para-hydroxylation sites is 6. The first-order valence-corrected chi connectivity index (χ1v) is 59.1. The molecule has 149 heavy (non-hydrogen) atoms. The second-order valence-corrected chi connectivity index (χ2v) is 54.4. The maximum atomic E-state index is 5.80. The molecule has 0 saturated heterocycles. The Morgan fingerprint density at radius 1 is 0.215 bits per heavy atom. The molecule has 1 spiro atoms. The number of hydrogen-bond acceptors (Lipinski definition) is 11. The lowest BCUT2D eigenvalue weighted by molar-refractivity contribution is -0.0157. The predicted molar refractivity (Wildman–Crippen MR) is 590 cm³/mol. The zero-order valence-corrected chi connectivity index (χ0v) is 86.1. The summed E-state index contributed by atoms with van der Waals surface area (Å²) in [5.74, 6) is 24.8. The molecule has 1 atom stereocenters. The number of hydrogen-bond donors (Lipinski definition) is 0. The first-order chi connectivity index (χ1) is 73.2. The van der Waals surface area contributed by atoms with Crippen molar-refractivity contribution >= 4 is 55.9 Å². The summed E-state index contributed by atoms with van der Waals surface area (Å²) in [6, 6.07) is 99.2. The van der Waals surface area contributed by atoms with Crippen molar-refractivity contribution in [2.45, 2.75) is 275 Å². The minimum Gasteiger partial charge on any atom is -0.310 e. The molecule has 25 aliphatic carbocycles. The van der Waals surface area contributed by atoms with E-state index in [4.69, 9.17) is 44.9 Å². The summed E-state index contributed by atoms with van der Waals surface area (Å²) >= 11 is 0. The van der Waals surface area contributed by atoms with E-state index in [-0.39, 0.29) is 38.4 Å². The average molecular weight is 1950 g/mol. The summed E-state index contributed by atoms with van der Waals surface area (Å²) in [5.41, 5.74) is 26.1. The number of rotatable bonds is 13. The van der Waals surface area contributed by atoms with Crippen LogP contribution in [0.25, 0.3) is 72.8 Å². The quantitative estimate of drug-likeness (QED) is 0.109. The third-order valence-electron chi connectivity index (χ3n) is 45.2. The molecule has 742 valence electrons. The number of benzene rings is 11. The average Bonchev–Trinajstić information content (AvgIpc) is 1.22. The van der Waals surface area contributed by atoms with Gasteiger partial charge in [0.1, 0.15) is 34.9 Å². The third kappa shape index (κ3) is 12.9. The van der Waals surface area contributed by atoms with Gasteiger partial charge in [0.15, 0.2) is 17.5 Å². The van der Waals surface area contributed by atoms with Gasteiger partial charge < -0.3 is 14.4 Å². The van der Waals surface area contributed by atoms with Crippen molar-refractivity contribution in [1.29, 1.82) is 0 Å². The van der Waals surface area contributed by atoms with Gasteiger partial charge in [-0.2, -0.15) is 0 Å². The minimum absolute atomic E-state index is 0.0775. The lowest BCUT2D eigenvalue weighted by Gasteiger charge is -2.57. The SMILES string of the molecule is c1ccc(-n2c3ccccc3c3ccc4c(c32)C(c2cccc(-c3nc(C56CC7CC(CC(C7)C5)C6)nc(C56CC7CC(CC(C7)C5)C6)n3)c2)c2ccccc2-4)cc1.c1ccc2c(c1)N(c1ccc(-c3nc(C45CC6CC(CC(C6)C4)C5)nc(C45CC6CC(CC(C6)C4)C5)n3)cc1)c1ccccc1C21c2ccccc2N(c2ccc(-c3nc(C45CC6CC(CC(C6)C4)C5)nc(C45CC6CC(CC(C6)C4)C5)n3)cc2)c2ccccc21. The van der Waals surface area contributed by atoms with Gasteiger partial charge in [-0.15, -0.1) is 0 Å². The van der Waals surface area contributed by atoms with Crippen LogP contribution in [0.1, 0.15) is 311 Å². The highest BCUT2D eigenvalue weighted by molar-refractivity contribution is 6.13. The van der Waals surface area contributed by atoms with Crippen LogP contribution in [-0.2, 0) is 37.9 Å². The molecule has 24 bridgehead atoms. The number of fused-ring (bicyclic) bond motifs is 15. The Kier molecular flexibility index (Phi) is 18.3. The molecule has 24 saturated carbocycles. The van der Waals surface area contributed by atoms with Crippen LogP contribution in [0.5, 0.6) is 0 Å². The fraction of sp³-hybridized carbons (Fsp3) is 0.453. The molecule has 0 radical (unpaired) electrons. The number of nitrogens with zero attached hydrogens (tertiary/aromatic N) is 12. The Labute approximate surface area is 876 Å². The molecular weight excluding hydrogens is 1810 g/mol. The van der Waals surface area contributed by atoms with Gasteiger partial charge in [-0.3, -0.25) is 0 Å². The molecular formula is C137H134N12. The monoisotopic (exact) mass is 1950 g/mol. The van der Waals surface area contributed by atoms with Crippen LogP contribution in [0.15, 0.2) is 261 Å². The molecule has 11 aromatic carbocycles. The van der Waals surface area contributed by atoms with E-state index in [0.29, 0.717) is 0 Å². The predicted octanol–water partition coefficient (Wildman–Crippen LogP) is 31.9. The van der Waals surface area contributed by atoms with Crippen molar-refractivity contribution < 1.29 is 0 Å². The molecule has 12 heteroatoms. The second kappa shape index (κ2) is 31.5. The zero-order valence-electron chi connectivity index (χ0n) is 86.1. The Balaban J connectivity index is 0.000000138. The van der Waals surface area contributed by atoms with Crippen molar-refractivity contribution in [1.82, 2.24) is 49.4 Å². The first-order valence-electron chi connectivity index (χ1n) is 59.1. The molecule has 24 fully saturated rings. The van der Waals surface area contributed by atoms with Crippen LogP contribution in [0.2, 0.25) is 0 Å². The molecule has 1 unspecified atom stereocenters. The van der Waals surface area contributed by atoms with Gasteiger partial charge in [-0.05, 0) is 485 Å². The van der Waals surface area contributed by atoms with Crippen molar-refractivity contribution in [2.24, 2.45) is 107 Å². The standard InChI is InChI=1S/C83H84N8.C54H50N4/c1-5-13-69-65(9-1)83(66-10-2-6-14-70(66)90(69)63-21-17-61(18-22-63)73-84-75(79-37-49-25-50(38-79)27-51(26-49)39-79)88-76(85-73)80-40-52-28-53(41-80)30-54(29-52)42-80)67-11-3-7-15-71(67)91(72-16-8-4-12-68(72)83)64-23-19-62(20-24-64)74-86-77(81-43-55-31-56(44-81)33-57(32-55)45-81)89-78(87-74)82-46-58-34-59(47-82)36-60(35-58)48-82;1-2-11-40(12-3-1)58-46-16-7-6-14-42(46)45-18-17-44-41-13-4-5-15-43(41)47(48(44)49(45)58)38-9-8-10-39(25-38)50-55-51(53-26-32-19-33(27-53)21-34(20-32)28-53)57-52(56-50)54-29-35-22-36(30-54)24-37(23-35)31-54/h1-24,49-60H,25-48H2;1-18,25,32-37,47H,19-24,26-31H2. The highest BCUT2D eigenvalue weighted by Crippen LogP contribution is 2.71. The molecule has 0 N–H and O–H groups in total. The molecule has 6 heterocycles. The smallest absolute Gasteiger partial charge is 0.163 e. The molecule has 12 nitrogen and oxygen atoms in total. The van der Waals surface area contributed by atoms with Crippen molar-refractivity contribution in [3.63, 3.8) is 0 Å². The van der Waals surface area contributed by atoms with Gasteiger partial charge in [0, 0.05) is 82.9 Å². The van der Waals surface area contributed by atoms with Crippen molar-refractivity contribution in [3.8, 4) is 51.0 Å². The van der Waals surface area contributed by atoms with E-state index in [1.54, 1.807) is 0 Å². The number of aromatic nitrogens is 10. The fourth-order valence-electron chi connectivity index (χ4n) is 42.2. The van der Waals surface area contributed by atoms with E-state index >= 15 is 0 Å². The summed E-state index contributed by atoms with van der Waals surface area (Å²) < 4.78 is 2.52. The van der Waals surface area contributed by atoms with Crippen molar-refractivity contribution in [2.75, 3.05) is 9.80 Å². The van der Waals surface area contributed by atoms with E-state index in [1.165, 1.54) is 343 Å². The van der Waals surface area contributed by atoms with Crippen LogP contribution >= 0.6 is 0 Å². The Bertz CT molecular complexity index is 7300. The molecule has 27 aliphatic rings. The Morgan fingerprint density at radius 2 is 0.510 bits per heavy atom. The summed E-state index contributed by atoms with van der Waals surface area (Å²) in [5, 5.41) is 2.61. The highest BCUT2D eigenvalue weighted by atomic mass is 15.2. The molecule has 42 rings (SSSR count). The van der Waals surface area contributed by atoms with E-state index in [2.05, 4.69) is 275 Å². The highest BCUT2D eigenvalue weighted by Gasteiger charge is 2.63. The summed E-state index contributed by atoms with van der Waals surface area (Å²) in [6.45, 7) is 0. The molecule has 2 aliphatic heterocycles. The maximum Gasteiger partial charge on any atom is 0.163 e. The third-order valence-corrected chi connectivity index (χ3v) is 45.2. The minimum atomic E-state index is -0.619. The lowest BCUT2D eigenvalue weighted by atomic mass is 9.49. The first kappa shape index (κ1) is 86.5. The molecule has 15 aromatic rings. The Morgan fingerprint density at radius 3 is 0.852 bits per heavy atom.